The summed E-state index contributed by atoms with van der Waals surface area (Å²) in [6.45, 7) is 7.27. The summed E-state index contributed by atoms with van der Waals surface area (Å²) in [5.41, 5.74) is 0.790. The minimum Gasteiger partial charge on any atom is -0.338 e. The molecule has 1 aliphatic heterocycles. The molecule has 116 valence electrons. The summed E-state index contributed by atoms with van der Waals surface area (Å²) in [7, 11) is 0. The highest BCUT2D eigenvalue weighted by Gasteiger charge is 2.37. The zero-order valence-corrected chi connectivity index (χ0v) is 13.2. The summed E-state index contributed by atoms with van der Waals surface area (Å²) in [6, 6.07) is 2.45. The van der Waals surface area contributed by atoms with Crippen molar-refractivity contribution in [1.82, 2.24) is 10.1 Å². The van der Waals surface area contributed by atoms with Crippen LogP contribution in [-0.4, -0.2) is 34.6 Å². The van der Waals surface area contributed by atoms with Crippen LogP contribution in [0.4, 0.5) is 5.88 Å². The molecule has 2 heterocycles. The van der Waals surface area contributed by atoms with Crippen molar-refractivity contribution < 1.29 is 9.32 Å². The zero-order chi connectivity index (χ0) is 15.0. The Morgan fingerprint density at radius 1 is 1.33 bits per heavy atom. The van der Waals surface area contributed by atoms with Crippen LogP contribution in [0.2, 0.25) is 0 Å². The Balaban J connectivity index is 1.64. The van der Waals surface area contributed by atoms with Crippen molar-refractivity contribution in [3.63, 3.8) is 0 Å². The van der Waals surface area contributed by atoms with E-state index in [1.807, 2.05) is 6.07 Å². The average molecular weight is 291 g/mol. The zero-order valence-electron chi connectivity index (χ0n) is 13.2. The van der Waals surface area contributed by atoms with E-state index in [-0.39, 0.29) is 17.4 Å². The van der Waals surface area contributed by atoms with E-state index in [1.54, 1.807) is 0 Å². The molecular weight excluding hydrogens is 266 g/mol. The number of rotatable bonds is 3. The molecule has 21 heavy (non-hydrogen) atoms. The Bertz CT molecular complexity index is 514. The summed E-state index contributed by atoms with van der Waals surface area (Å²) in [5, 5.41) is 6.94. The van der Waals surface area contributed by atoms with Gasteiger partial charge in [0.15, 0.2) is 0 Å². The number of carbonyl (C=O) groups excluding carboxylic acids is 1. The maximum Gasteiger partial charge on any atom is 0.244 e. The van der Waals surface area contributed by atoms with Gasteiger partial charge in [0.2, 0.25) is 11.8 Å². The van der Waals surface area contributed by atoms with Crippen LogP contribution in [-0.2, 0) is 10.2 Å². The number of aromatic nitrogens is 1. The SMILES string of the molecule is CC(C)(C)c1cc(NC(=O)[C@@H]2CCCN2C2CCC2)on1. The lowest BCUT2D eigenvalue weighted by molar-refractivity contribution is -0.121. The van der Waals surface area contributed by atoms with Gasteiger partial charge in [-0.1, -0.05) is 32.3 Å². The second kappa shape index (κ2) is 5.44. The van der Waals surface area contributed by atoms with Gasteiger partial charge in [0, 0.05) is 17.5 Å². The molecule has 1 amide bonds. The molecule has 5 nitrogen and oxygen atoms in total. The Hall–Kier alpha value is -1.36. The van der Waals surface area contributed by atoms with Gasteiger partial charge >= 0.3 is 0 Å². The molecule has 0 aromatic carbocycles. The summed E-state index contributed by atoms with van der Waals surface area (Å²) in [6.07, 6.45) is 5.83. The number of hydrogen-bond acceptors (Lipinski definition) is 4. The molecule has 0 unspecified atom stereocenters. The number of nitrogens with zero attached hydrogens (tertiary/aromatic N) is 2. The Morgan fingerprint density at radius 3 is 2.67 bits per heavy atom. The van der Waals surface area contributed by atoms with Gasteiger partial charge in [-0.2, -0.15) is 0 Å². The number of likely N-dealkylation sites (tertiary alicyclic amines) is 1. The van der Waals surface area contributed by atoms with E-state index in [2.05, 4.69) is 36.1 Å². The first-order valence-electron chi connectivity index (χ1n) is 7.99. The van der Waals surface area contributed by atoms with Crippen molar-refractivity contribution in [3.05, 3.63) is 11.8 Å². The molecule has 2 aliphatic rings. The van der Waals surface area contributed by atoms with Crippen molar-refractivity contribution in [2.24, 2.45) is 0 Å². The summed E-state index contributed by atoms with van der Waals surface area (Å²) >= 11 is 0. The lowest BCUT2D eigenvalue weighted by atomic mass is 9.91. The van der Waals surface area contributed by atoms with Crippen molar-refractivity contribution in [2.75, 3.05) is 11.9 Å². The molecular formula is C16H25N3O2. The van der Waals surface area contributed by atoms with Crippen molar-refractivity contribution >= 4 is 11.8 Å². The highest BCUT2D eigenvalue weighted by atomic mass is 16.5. The molecule has 1 saturated heterocycles. The number of nitrogens with one attached hydrogen (secondary N) is 1. The Kier molecular flexibility index (Phi) is 3.78. The van der Waals surface area contributed by atoms with Crippen LogP contribution in [0, 0.1) is 0 Å². The van der Waals surface area contributed by atoms with Gasteiger partial charge < -0.3 is 4.52 Å². The predicted molar refractivity (Wildman–Crippen MR) is 81.2 cm³/mol. The van der Waals surface area contributed by atoms with Gasteiger partial charge in [-0.3, -0.25) is 15.0 Å². The molecule has 0 radical (unpaired) electrons. The summed E-state index contributed by atoms with van der Waals surface area (Å²) < 4.78 is 5.26. The van der Waals surface area contributed by atoms with Crippen LogP contribution in [0.5, 0.6) is 0 Å². The Morgan fingerprint density at radius 2 is 2.10 bits per heavy atom. The quantitative estimate of drug-likeness (QED) is 0.930. The average Bonchev–Trinajstić information content (AvgIpc) is 2.94. The lowest BCUT2D eigenvalue weighted by Gasteiger charge is -2.37. The number of hydrogen-bond donors (Lipinski definition) is 1. The topological polar surface area (TPSA) is 58.4 Å². The first kappa shape index (κ1) is 14.6. The van der Waals surface area contributed by atoms with Crippen molar-refractivity contribution in [3.8, 4) is 0 Å². The van der Waals surface area contributed by atoms with Crippen LogP contribution in [0.1, 0.15) is 58.6 Å². The Labute approximate surface area is 126 Å². The minimum atomic E-state index is -0.0716. The molecule has 5 heteroatoms. The first-order valence-corrected chi connectivity index (χ1v) is 7.99. The van der Waals surface area contributed by atoms with Gasteiger partial charge in [-0.25, -0.2) is 0 Å². The van der Waals surface area contributed by atoms with Gasteiger partial charge in [0.1, 0.15) is 0 Å². The normalized spacial score (nSPS) is 24.0. The molecule has 3 rings (SSSR count). The smallest absolute Gasteiger partial charge is 0.244 e. The largest absolute Gasteiger partial charge is 0.338 e. The second-order valence-corrected chi connectivity index (χ2v) is 7.30. The van der Waals surface area contributed by atoms with Gasteiger partial charge in [0.05, 0.1) is 11.7 Å². The third kappa shape index (κ3) is 2.98. The minimum absolute atomic E-state index is 0.00140. The fraction of sp³-hybridized carbons (Fsp3) is 0.750. The fourth-order valence-corrected chi connectivity index (χ4v) is 3.12. The third-order valence-electron chi connectivity index (χ3n) is 4.67. The predicted octanol–water partition coefficient (Wildman–Crippen LogP) is 2.93. The first-order chi connectivity index (χ1) is 9.95. The summed E-state index contributed by atoms with van der Waals surface area (Å²) in [5.74, 6) is 0.515. The molecule has 0 spiro atoms. The van der Waals surface area contributed by atoms with E-state index in [0.29, 0.717) is 11.9 Å². The molecule has 2 fully saturated rings. The molecule has 1 aliphatic carbocycles. The maximum atomic E-state index is 12.5. The molecule has 1 atom stereocenters. The van der Waals surface area contributed by atoms with Crippen molar-refractivity contribution in [2.45, 2.75) is 70.4 Å². The van der Waals surface area contributed by atoms with E-state index in [4.69, 9.17) is 4.52 Å². The second-order valence-electron chi connectivity index (χ2n) is 7.30. The van der Waals surface area contributed by atoms with Crippen LogP contribution < -0.4 is 5.32 Å². The number of anilines is 1. The monoisotopic (exact) mass is 291 g/mol. The van der Waals surface area contributed by atoms with Crippen LogP contribution in [0.3, 0.4) is 0 Å². The van der Waals surface area contributed by atoms with Crippen LogP contribution in [0.25, 0.3) is 0 Å². The number of amides is 1. The van der Waals surface area contributed by atoms with Gasteiger partial charge in [-0.15, -0.1) is 0 Å². The van der Waals surface area contributed by atoms with Crippen LogP contribution >= 0.6 is 0 Å². The molecule has 1 N–H and O–H groups in total. The van der Waals surface area contributed by atoms with E-state index in [0.717, 1.165) is 25.1 Å². The summed E-state index contributed by atoms with van der Waals surface area (Å²) in [4.78, 5) is 14.9. The molecule has 1 aromatic heterocycles. The van der Waals surface area contributed by atoms with E-state index >= 15 is 0 Å². The lowest BCUT2D eigenvalue weighted by Crippen LogP contribution is -2.48. The molecule has 1 aromatic rings. The number of carbonyl (C=O) groups is 1. The third-order valence-corrected chi connectivity index (χ3v) is 4.67. The maximum absolute atomic E-state index is 12.5. The molecule has 1 saturated carbocycles. The van der Waals surface area contributed by atoms with E-state index in [9.17, 15) is 4.79 Å². The van der Waals surface area contributed by atoms with E-state index in [1.165, 1.54) is 19.3 Å². The highest BCUT2D eigenvalue weighted by molar-refractivity contribution is 5.94. The van der Waals surface area contributed by atoms with Gasteiger partial charge in [-0.05, 0) is 32.2 Å². The fourth-order valence-electron chi connectivity index (χ4n) is 3.12. The molecule has 0 bridgehead atoms. The van der Waals surface area contributed by atoms with Crippen LogP contribution in [0.15, 0.2) is 10.6 Å². The van der Waals surface area contributed by atoms with Crippen molar-refractivity contribution in [1.29, 1.82) is 0 Å². The van der Waals surface area contributed by atoms with Gasteiger partial charge in [0.25, 0.3) is 0 Å². The standard InChI is InChI=1S/C16H25N3O2/c1-16(2,3)13-10-14(21-18-13)17-15(20)12-8-5-9-19(12)11-6-4-7-11/h10-12H,4-9H2,1-3H3,(H,17,20)/t12-/m0/s1. The highest BCUT2D eigenvalue weighted by Crippen LogP contribution is 2.32. The van der Waals surface area contributed by atoms with E-state index < -0.39 is 0 Å².